The van der Waals surface area contributed by atoms with Gasteiger partial charge in [-0.25, -0.2) is 4.79 Å². The van der Waals surface area contributed by atoms with Crippen LogP contribution in [0.3, 0.4) is 0 Å². The predicted octanol–water partition coefficient (Wildman–Crippen LogP) is 5.05. The number of aromatic nitrogens is 2. The van der Waals surface area contributed by atoms with Crippen molar-refractivity contribution < 1.29 is 14.3 Å². The largest absolute Gasteiger partial charge is 0.471 e. The molecule has 1 aromatic heterocycles. The first-order chi connectivity index (χ1) is 14.3. The quantitative estimate of drug-likeness (QED) is 0.435. The van der Waals surface area contributed by atoms with E-state index in [0.717, 1.165) is 27.6 Å². The topological polar surface area (TPSA) is 61.3 Å². The minimum absolute atomic E-state index is 0.334. The highest BCUT2D eigenvalue weighted by molar-refractivity contribution is 5.97. The maximum absolute atomic E-state index is 11.9. The summed E-state index contributed by atoms with van der Waals surface area (Å²) < 4.78 is 11.0. The number of carbonyl (C=O) groups is 1. The summed E-state index contributed by atoms with van der Waals surface area (Å²) in [5, 5.41) is 10.6. The summed E-state index contributed by atoms with van der Waals surface area (Å²) in [6, 6.07) is 25.0. The van der Waals surface area contributed by atoms with Crippen LogP contribution in [0.2, 0.25) is 0 Å². The van der Waals surface area contributed by atoms with Gasteiger partial charge in [0.05, 0.1) is 12.2 Å². The highest BCUT2D eigenvalue weighted by Crippen LogP contribution is 2.31. The van der Waals surface area contributed by atoms with Crippen molar-refractivity contribution in [2.45, 2.75) is 13.5 Å². The summed E-state index contributed by atoms with van der Waals surface area (Å²) in [6.07, 6.45) is 0. The Morgan fingerprint density at radius 1 is 0.828 bits per heavy atom. The number of hydrogen-bond acceptors (Lipinski definition) is 5. The van der Waals surface area contributed by atoms with Crippen molar-refractivity contribution in [1.29, 1.82) is 0 Å². The van der Waals surface area contributed by atoms with E-state index >= 15 is 0 Å². The third kappa shape index (κ3) is 4.09. The zero-order valence-electron chi connectivity index (χ0n) is 16.0. The number of rotatable bonds is 6. The SMILES string of the molecule is CCOC(=O)c1ccc(-c2nnc(OCc3ccccc3)c3ccccc23)cc1. The molecule has 0 fully saturated rings. The summed E-state index contributed by atoms with van der Waals surface area (Å²) in [5.74, 6) is 0.163. The van der Waals surface area contributed by atoms with Crippen LogP contribution in [-0.2, 0) is 11.3 Å². The second kappa shape index (κ2) is 8.52. The van der Waals surface area contributed by atoms with Crippen LogP contribution in [0, 0.1) is 0 Å². The highest BCUT2D eigenvalue weighted by Gasteiger charge is 2.13. The van der Waals surface area contributed by atoms with Crippen molar-refractivity contribution >= 4 is 16.7 Å². The lowest BCUT2D eigenvalue weighted by Gasteiger charge is -2.11. The van der Waals surface area contributed by atoms with E-state index in [9.17, 15) is 4.79 Å². The molecule has 0 aliphatic rings. The van der Waals surface area contributed by atoms with E-state index < -0.39 is 0 Å². The van der Waals surface area contributed by atoms with Crippen LogP contribution >= 0.6 is 0 Å². The first kappa shape index (κ1) is 18.6. The molecule has 0 saturated carbocycles. The van der Waals surface area contributed by atoms with E-state index in [1.54, 1.807) is 19.1 Å². The molecule has 4 aromatic rings. The normalized spacial score (nSPS) is 10.7. The van der Waals surface area contributed by atoms with E-state index in [0.29, 0.717) is 24.7 Å². The molecule has 0 aliphatic heterocycles. The number of nitrogens with zero attached hydrogens (tertiary/aromatic N) is 2. The summed E-state index contributed by atoms with van der Waals surface area (Å²) in [5.41, 5.74) is 3.19. The van der Waals surface area contributed by atoms with Gasteiger partial charge in [0, 0.05) is 16.3 Å². The maximum Gasteiger partial charge on any atom is 0.338 e. The molecule has 1 heterocycles. The van der Waals surface area contributed by atoms with Gasteiger partial charge in [0.25, 0.3) is 0 Å². The zero-order valence-corrected chi connectivity index (χ0v) is 16.0. The van der Waals surface area contributed by atoms with Crippen LogP contribution in [0.4, 0.5) is 0 Å². The average Bonchev–Trinajstić information content (AvgIpc) is 2.78. The van der Waals surface area contributed by atoms with E-state index in [-0.39, 0.29) is 5.97 Å². The number of benzene rings is 3. The fourth-order valence-electron chi connectivity index (χ4n) is 3.10. The van der Waals surface area contributed by atoms with Gasteiger partial charge in [0.15, 0.2) is 0 Å². The van der Waals surface area contributed by atoms with E-state index in [1.165, 1.54) is 0 Å². The molecule has 0 saturated heterocycles. The molecule has 4 rings (SSSR count). The van der Waals surface area contributed by atoms with Gasteiger partial charge < -0.3 is 9.47 Å². The zero-order chi connectivity index (χ0) is 20.1. The first-order valence-corrected chi connectivity index (χ1v) is 9.46. The van der Waals surface area contributed by atoms with Gasteiger partial charge >= 0.3 is 5.97 Å². The fourth-order valence-corrected chi connectivity index (χ4v) is 3.10. The molecule has 0 amide bonds. The lowest BCUT2D eigenvalue weighted by Crippen LogP contribution is -2.04. The number of carbonyl (C=O) groups excluding carboxylic acids is 1. The maximum atomic E-state index is 11.9. The minimum Gasteiger partial charge on any atom is -0.471 e. The van der Waals surface area contributed by atoms with Crippen LogP contribution < -0.4 is 4.74 Å². The second-order valence-corrected chi connectivity index (χ2v) is 6.47. The molecule has 0 radical (unpaired) electrons. The van der Waals surface area contributed by atoms with Crippen LogP contribution in [0.25, 0.3) is 22.0 Å². The first-order valence-electron chi connectivity index (χ1n) is 9.46. The van der Waals surface area contributed by atoms with Crippen molar-refractivity contribution in [2.24, 2.45) is 0 Å². The van der Waals surface area contributed by atoms with Crippen molar-refractivity contribution in [1.82, 2.24) is 10.2 Å². The summed E-state index contributed by atoms with van der Waals surface area (Å²) in [6.45, 7) is 2.56. The van der Waals surface area contributed by atoms with Gasteiger partial charge in [-0.15, -0.1) is 10.2 Å². The van der Waals surface area contributed by atoms with Gasteiger partial charge in [0.2, 0.25) is 5.88 Å². The standard InChI is InChI=1S/C24H20N2O3/c1-2-28-24(27)19-14-12-18(13-15-19)22-20-10-6-7-11-21(20)23(26-25-22)29-16-17-8-4-3-5-9-17/h3-15H,2,16H2,1H3. The number of fused-ring (bicyclic) bond motifs is 1. The summed E-state index contributed by atoms with van der Waals surface area (Å²) >= 11 is 0. The predicted molar refractivity (Wildman–Crippen MR) is 112 cm³/mol. The lowest BCUT2D eigenvalue weighted by molar-refractivity contribution is 0.0526. The molecule has 5 heteroatoms. The molecule has 144 valence electrons. The Balaban J connectivity index is 1.65. The number of esters is 1. The Labute approximate surface area is 168 Å². The van der Waals surface area contributed by atoms with Crippen molar-refractivity contribution in [3.05, 3.63) is 90.0 Å². The molecule has 0 unspecified atom stereocenters. The molecule has 29 heavy (non-hydrogen) atoms. The Kier molecular flexibility index (Phi) is 5.47. The molecular weight excluding hydrogens is 364 g/mol. The molecule has 0 spiro atoms. The Morgan fingerprint density at radius 2 is 1.52 bits per heavy atom. The average molecular weight is 384 g/mol. The van der Waals surface area contributed by atoms with Gasteiger partial charge in [-0.1, -0.05) is 60.7 Å². The van der Waals surface area contributed by atoms with Crippen LogP contribution in [-0.4, -0.2) is 22.8 Å². The Bertz CT molecular complexity index is 1130. The van der Waals surface area contributed by atoms with E-state index in [1.807, 2.05) is 66.7 Å². The van der Waals surface area contributed by atoms with Gasteiger partial charge in [-0.2, -0.15) is 0 Å². The number of hydrogen-bond donors (Lipinski definition) is 0. The van der Waals surface area contributed by atoms with Gasteiger partial charge in [-0.05, 0) is 30.7 Å². The van der Waals surface area contributed by atoms with Crippen molar-refractivity contribution in [2.75, 3.05) is 6.61 Å². The van der Waals surface area contributed by atoms with Gasteiger partial charge in [-0.3, -0.25) is 0 Å². The molecule has 0 aliphatic carbocycles. The van der Waals surface area contributed by atoms with Gasteiger partial charge in [0.1, 0.15) is 12.3 Å². The smallest absolute Gasteiger partial charge is 0.338 e. The highest BCUT2D eigenvalue weighted by atomic mass is 16.5. The Hall–Kier alpha value is -3.73. The molecule has 0 bridgehead atoms. The van der Waals surface area contributed by atoms with Crippen molar-refractivity contribution in [3.8, 4) is 17.1 Å². The summed E-state index contributed by atoms with van der Waals surface area (Å²) in [4.78, 5) is 11.9. The molecule has 0 atom stereocenters. The van der Waals surface area contributed by atoms with Crippen LogP contribution in [0.5, 0.6) is 5.88 Å². The monoisotopic (exact) mass is 384 g/mol. The second-order valence-electron chi connectivity index (χ2n) is 6.47. The Morgan fingerprint density at radius 3 is 2.24 bits per heavy atom. The number of ether oxygens (including phenoxy) is 2. The van der Waals surface area contributed by atoms with Crippen LogP contribution in [0.1, 0.15) is 22.8 Å². The van der Waals surface area contributed by atoms with E-state index in [4.69, 9.17) is 9.47 Å². The lowest BCUT2D eigenvalue weighted by atomic mass is 10.0. The minimum atomic E-state index is -0.334. The van der Waals surface area contributed by atoms with Crippen LogP contribution in [0.15, 0.2) is 78.9 Å². The third-order valence-electron chi connectivity index (χ3n) is 4.54. The molecule has 0 N–H and O–H groups in total. The summed E-state index contributed by atoms with van der Waals surface area (Å²) in [7, 11) is 0. The third-order valence-corrected chi connectivity index (χ3v) is 4.54. The molecular formula is C24H20N2O3. The van der Waals surface area contributed by atoms with Crippen molar-refractivity contribution in [3.63, 3.8) is 0 Å². The molecule has 5 nitrogen and oxygen atoms in total. The fraction of sp³-hybridized carbons (Fsp3) is 0.125. The molecule has 3 aromatic carbocycles. The van der Waals surface area contributed by atoms with E-state index in [2.05, 4.69) is 10.2 Å².